The van der Waals surface area contributed by atoms with E-state index in [0.717, 1.165) is 23.3 Å². The zero-order valence-electron chi connectivity index (χ0n) is 16.7. The van der Waals surface area contributed by atoms with Crippen molar-refractivity contribution in [2.75, 3.05) is 22.9 Å². The van der Waals surface area contributed by atoms with Crippen LogP contribution in [0.3, 0.4) is 0 Å². The summed E-state index contributed by atoms with van der Waals surface area (Å²) in [4.78, 5) is 19.8. The van der Waals surface area contributed by atoms with Crippen LogP contribution in [0.2, 0.25) is 5.02 Å². The largest absolute Gasteiger partial charge is 0.416 e. The standard InChI is InChI=1S/C21H20ClF3N6O/c22-17-9-16(30-20(32)31-19-12-28-18(26)11-29-19)6-3-14(17)7-8-27-10-13-1-4-15(5-2-13)21(23,24)25/h1-6,9,11-12,27H,7-8,10H2,(H2,26,28)(H2,29,30,31,32). The second kappa shape index (κ2) is 10.3. The SMILES string of the molecule is Nc1cnc(NC(=O)Nc2ccc(CCNCc3ccc(C(F)(F)F)cc3)c(Cl)c2)cn1. The number of nitrogen functional groups attached to an aromatic ring is 1. The molecule has 0 aliphatic heterocycles. The third-order valence-corrected chi connectivity index (χ3v) is 4.76. The molecule has 2 amide bonds. The van der Waals surface area contributed by atoms with Crippen molar-refractivity contribution in [1.29, 1.82) is 0 Å². The first kappa shape index (κ1) is 23.3. The highest BCUT2D eigenvalue weighted by atomic mass is 35.5. The van der Waals surface area contributed by atoms with Crippen molar-refractivity contribution in [2.45, 2.75) is 19.1 Å². The van der Waals surface area contributed by atoms with Crippen LogP contribution in [0.1, 0.15) is 16.7 Å². The number of nitrogens with zero attached hydrogens (tertiary/aromatic N) is 2. The molecular formula is C21H20ClF3N6O. The lowest BCUT2D eigenvalue weighted by atomic mass is 10.1. The summed E-state index contributed by atoms with van der Waals surface area (Å²) in [6.07, 6.45) is -1.07. The third kappa shape index (κ3) is 6.82. The van der Waals surface area contributed by atoms with Crippen molar-refractivity contribution >= 4 is 35.0 Å². The molecule has 0 aliphatic rings. The van der Waals surface area contributed by atoms with Crippen LogP contribution in [0.15, 0.2) is 54.9 Å². The number of carbonyl (C=O) groups excluding carboxylic acids is 1. The molecule has 7 nitrogen and oxygen atoms in total. The number of aromatic nitrogens is 2. The number of amides is 2. The minimum atomic E-state index is -4.34. The van der Waals surface area contributed by atoms with Crippen molar-refractivity contribution < 1.29 is 18.0 Å². The number of nitrogens with one attached hydrogen (secondary N) is 3. The summed E-state index contributed by atoms with van der Waals surface area (Å²) in [5.41, 5.74) is 6.89. The molecule has 0 saturated heterocycles. The molecule has 1 heterocycles. The average molecular weight is 465 g/mol. The van der Waals surface area contributed by atoms with Gasteiger partial charge in [-0.2, -0.15) is 13.2 Å². The summed E-state index contributed by atoms with van der Waals surface area (Å²) in [5, 5.41) is 8.82. The average Bonchev–Trinajstić information content (AvgIpc) is 2.74. The molecule has 0 bridgehead atoms. The van der Waals surface area contributed by atoms with Gasteiger partial charge in [-0.15, -0.1) is 0 Å². The molecule has 32 heavy (non-hydrogen) atoms. The van der Waals surface area contributed by atoms with Crippen molar-refractivity contribution in [2.24, 2.45) is 0 Å². The smallest absolute Gasteiger partial charge is 0.382 e. The van der Waals surface area contributed by atoms with Gasteiger partial charge in [-0.25, -0.2) is 14.8 Å². The lowest BCUT2D eigenvalue weighted by Crippen LogP contribution is -2.20. The summed E-state index contributed by atoms with van der Waals surface area (Å²) in [6.45, 7) is 1.01. The molecule has 0 radical (unpaired) electrons. The Kier molecular flexibility index (Phi) is 7.49. The van der Waals surface area contributed by atoms with Gasteiger partial charge in [0.1, 0.15) is 5.82 Å². The van der Waals surface area contributed by atoms with Gasteiger partial charge in [-0.05, 0) is 48.4 Å². The van der Waals surface area contributed by atoms with Crippen molar-refractivity contribution in [3.05, 3.63) is 76.6 Å². The van der Waals surface area contributed by atoms with Crippen molar-refractivity contribution in [3.8, 4) is 0 Å². The Balaban J connectivity index is 1.45. The van der Waals surface area contributed by atoms with E-state index in [0.29, 0.717) is 30.2 Å². The molecule has 0 atom stereocenters. The number of alkyl halides is 3. The van der Waals surface area contributed by atoms with E-state index in [1.54, 1.807) is 18.2 Å². The third-order valence-electron chi connectivity index (χ3n) is 4.41. The van der Waals surface area contributed by atoms with E-state index < -0.39 is 17.8 Å². The Labute approximate surface area is 187 Å². The highest BCUT2D eigenvalue weighted by molar-refractivity contribution is 6.31. The molecule has 168 valence electrons. The number of hydrogen-bond donors (Lipinski definition) is 4. The maximum absolute atomic E-state index is 12.6. The summed E-state index contributed by atoms with van der Waals surface area (Å²) >= 11 is 6.30. The van der Waals surface area contributed by atoms with Crippen LogP contribution in [0.4, 0.5) is 35.3 Å². The summed E-state index contributed by atoms with van der Waals surface area (Å²) < 4.78 is 37.8. The van der Waals surface area contributed by atoms with E-state index in [-0.39, 0.29) is 11.6 Å². The number of anilines is 3. The van der Waals surface area contributed by atoms with E-state index in [1.807, 2.05) is 0 Å². The van der Waals surface area contributed by atoms with Gasteiger partial charge in [0, 0.05) is 17.3 Å². The number of carbonyl (C=O) groups is 1. The quantitative estimate of drug-likeness (QED) is 0.379. The number of hydrogen-bond acceptors (Lipinski definition) is 5. The van der Waals surface area contributed by atoms with E-state index in [1.165, 1.54) is 24.5 Å². The van der Waals surface area contributed by atoms with Crippen LogP contribution in [-0.4, -0.2) is 22.5 Å². The maximum atomic E-state index is 12.6. The predicted octanol–water partition coefficient (Wildman–Crippen LogP) is 4.71. The fourth-order valence-electron chi connectivity index (χ4n) is 2.78. The van der Waals surface area contributed by atoms with Crippen LogP contribution >= 0.6 is 11.6 Å². The topological polar surface area (TPSA) is 105 Å². The van der Waals surface area contributed by atoms with E-state index >= 15 is 0 Å². The highest BCUT2D eigenvalue weighted by Crippen LogP contribution is 2.29. The van der Waals surface area contributed by atoms with Gasteiger partial charge in [0.25, 0.3) is 0 Å². The molecule has 1 aromatic heterocycles. The lowest BCUT2D eigenvalue weighted by molar-refractivity contribution is -0.137. The van der Waals surface area contributed by atoms with E-state index in [2.05, 4.69) is 25.9 Å². The molecular weight excluding hydrogens is 445 g/mol. The number of halogens is 4. The second-order valence-electron chi connectivity index (χ2n) is 6.83. The predicted molar refractivity (Wildman–Crippen MR) is 117 cm³/mol. The molecule has 5 N–H and O–H groups in total. The number of urea groups is 1. The minimum Gasteiger partial charge on any atom is -0.382 e. The number of nitrogens with two attached hydrogens (primary N) is 1. The van der Waals surface area contributed by atoms with E-state index in [9.17, 15) is 18.0 Å². The first-order valence-electron chi connectivity index (χ1n) is 9.51. The normalized spacial score (nSPS) is 11.2. The van der Waals surface area contributed by atoms with Crippen molar-refractivity contribution in [1.82, 2.24) is 15.3 Å². The fraction of sp³-hybridized carbons (Fsp3) is 0.190. The van der Waals surface area contributed by atoms with Crippen LogP contribution < -0.4 is 21.7 Å². The summed E-state index contributed by atoms with van der Waals surface area (Å²) in [7, 11) is 0. The first-order chi connectivity index (χ1) is 15.2. The Bertz CT molecular complexity index is 1060. The fourth-order valence-corrected chi connectivity index (χ4v) is 3.05. The Hall–Kier alpha value is -3.37. The Morgan fingerprint density at radius 2 is 1.78 bits per heavy atom. The van der Waals surface area contributed by atoms with Gasteiger partial charge in [0.05, 0.1) is 18.0 Å². The molecule has 0 fully saturated rings. The van der Waals surface area contributed by atoms with Crippen LogP contribution in [0, 0.1) is 0 Å². The number of rotatable bonds is 7. The molecule has 0 unspecified atom stereocenters. The van der Waals surface area contributed by atoms with Gasteiger partial charge >= 0.3 is 12.2 Å². The molecule has 3 aromatic rings. The van der Waals surface area contributed by atoms with Gasteiger partial charge in [-0.3, -0.25) is 5.32 Å². The van der Waals surface area contributed by atoms with Gasteiger partial charge in [0.2, 0.25) is 0 Å². The zero-order chi connectivity index (χ0) is 23.1. The van der Waals surface area contributed by atoms with Gasteiger partial charge in [-0.1, -0.05) is 29.8 Å². The zero-order valence-corrected chi connectivity index (χ0v) is 17.5. The van der Waals surface area contributed by atoms with Crippen LogP contribution in [-0.2, 0) is 19.1 Å². The molecule has 2 aromatic carbocycles. The van der Waals surface area contributed by atoms with Gasteiger partial charge < -0.3 is 16.4 Å². The maximum Gasteiger partial charge on any atom is 0.416 e. The molecule has 0 saturated carbocycles. The minimum absolute atomic E-state index is 0.243. The Morgan fingerprint density at radius 3 is 2.41 bits per heavy atom. The summed E-state index contributed by atoms with van der Waals surface area (Å²) in [5.74, 6) is 0.491. The Morgan fingerprint density at radius 1 is 1.03 bits per heavy atom. The molecule has 11 heteroatoms. The van der Waals surface area contributed by atoms with Crippen molar-refractivity contribution in [3.63, 3.8) is 0 Å². The van der Waals surface area contributed by atoms with Crippen LogP contribution in [0.25, 0.3) is 0 Å². The number of benzene rings is 2. The molecule has 0 aliphatic carbocycles. The first-order valence-corrected chi connectivity index (χ1v) is 9.89. The highest BCUT2D eigenvalue weighted by Gasteiger charge is 2.29. The van der Waals surface area contributed by atoms with E-state index in [4.69, 9.17) is 17.3 Å². The molecule has 3 rings (SSSR count). The monoisotopic (exact) mass is 464 g/mol. The summed E-state index contributed by atoms with van der Waals surface area (Å²) in [6, 6.07) is 9.65. The van der Waals surface area contributed by atoms with Crippen LogP contribution in [0.5, 0.6) is 0 Å². The second-order valence-corrected chi connectivity index (χ2v) is 7.24. The molecule has 0 spiro atoms. The van der Waals surface area contributed by atoms with Gasteiger partial charge in [0.15, 0.2) is 5.82 Å². The lowest BCUT2D eigenvalue weighted by Gasteiger charge is -2.11.